The van der Waals surface area contributed by atoms with Gasteiger partial charge in [0.15, 0.2) is 0 Å². The molecule has 1 heterocycles. The summed E-state index contributed by atoms with van der Waals surface area (Å²) in [6.07, 6.45) is 4.02. The second-order valence-corrected chi connectivity index (χ2v) is 6.35. The molecule has 0 N–H and O–H groups in total. The zero-order chi connectivity index (χ0) is 13.6. The van der Waals surface area contributed by atoms with Gasteiger partial charge in [-0.2, -0.15) is 0 Å². The summed E-state index contributed by atoms with van der Waals surface area (Å²) in [5.41, 5.74) is 1.52. The van der Waals surface area contributed by atoms with Crippen LogP contribution in [0.4, 0.5) is 0 Å². The van der Waals surface area contributed by atoms with Crippen LogP contribution in [-0.2, 0) is 14.9 Å². The number of hydrogen-bond acceptors (Lipinski definition) is 3. The van der Waals surface area contributed by atoms with Crippen LogP contribution in [0, 0.1) is 5.92 Å². The van der Waals surface area contributed by atoms with Crippen LogP contribution in [0.5, 0.6) is 0 Å². The van der Waals surface area contributed by atoms with Gasteiger partial charge in [-0.15, -0.1) is 0 Å². The second kappa shape index (κ2) is 4.48. The molecule has 0 atom stereocenters. The average Bonchev–Trinajstić information content (AvgIpc) is 3.17. The van der Waals surface area contributed by atoms with E-state index in [1.54, 1.807) is 0 Å². The number of carbonyl (C=O) groups is 1. The maximum atomic E-state index is 12.2. The van der Waals surface area contributed by atoms with Crippen molar-refractivity contribution in [3.8, 4) is 0 Å². The second-order valence-electron chi connectivity index (χ2n) is 5.96. The first-order valence-electron chi connectivity index (χ1n) is 6.81. The molecule has 0 radical (unpaired) electrons. The third-order valence-electron chi connectivity index (χ3n) is 4.33. The Morgan fingerprint density at radius 3 is 2.63 bits per heavy atom. The van der Waals surface area contributed by atoms with E-state index in [0.29, 0.717) is 17.0 Å². The lowest BCUT2D eigenvalue weighted by atomic mass is 9.59. The molecule has 4 heteroatoms. The van der Waals surface area contributed by atoms with Gasteiger partial charge in [0.05, 0.1) is 12.5 Å². The Morgan fingerprint density at radius 2 is 2.11 bits per heavy atom. The molecule has 1 aromatic rings. The van der Waals surface area contributed by atoms with Gasteiger partial charge in [0.1, 0.15) is 5.15 Å². The number of ether oxygens (including phenoxy) is 1. The lowest BCUT2D eigenvalue weighted by Crippen LogP contribution is -2.47. The van der Waals surface area contributed by atoms with Crippen molar-refractivity contribution in [2.75, 3.05) is 7.11 Å². The predicted molar refractivity (Wildman–Crippen MR) is 73.3 cm³/mol. The number of aromatic nitrogens is 1. The zero-order valence-corrected chi connectivity index (χ0v) is 12.0. The number of methoxy groups -OCH3 is 1. The van der Waals surface area contributed by atoms with Crippen LogP contribution >= 0.6 is 11.6 Å². The molecule has 1 aromatic heterocycles. The SMILES string of the molecule is COC(=O)C1(c2cc(Cl)nc(C3CC3)c2)CC(C)C1. The van der Waals surface area contributed by atoms with Gasteiger partial charge < -0.3 is 4.74 Å². The normalized spacial score (nSPS) is 29.7. The molecule has 0 saturated heterocycles. The molecule has 3 nitrogen and oxygen atoms in total. The van der Waals surface area contributed by atoms with Crippen LogP contribution in [0.15, 0.2) is 12.1 Å². The first-order valence-corrected chi connectivity index (χ1v) is 7.19. The smallest absolute Gasteiger partial charge is 0.316 e. The highest BCUT2D eigenvalue weighted by Crippen LogP contribution is 2.50. The number of hydrogen-bond donors (Lipinski definition) is 0. The maximum Gasteiger partial charge on any atom is 0.316 e. The van der Waals surface area contributed by atoms with E-state index in [9.17, 15) is 4.79 Å². The fourth-order valence-corrected chi connectivity index (χ4v) is 3.44. The Hall–Kier alpha value is -1.09. The summed E-state index contributed by atoms with van der Waals surface area (Å²) in [5.74, 6) is 0.940. The number of halogens is 1. The summed E-state index contributed by atoms with van der Waals surface area (Å²) in [7, 11) is 1.46. The summed E-state index contributed by atoms with van der Waals surface area (Å²) in [5, 5.41) is 0.488. The van der Waals surface area contributed by atoms with Crippen molar-refractivity contribution in [2.45, 2.75) is 43.9 Å². The van der Waals surface area contributed by atoms with Crippen LogP contribution in [0.3, 0.4) is 0 Å². The largest absolute Gasteiger partial charge is 0.468 e. The summed E-state index contributed by atoms with van der Waals surface area (Å²) in [6.45, 7) is 2.16. The summed E-state index contributed by atoms with van der Waals surface area (Å²) in [4.78, 5) is 16.6. The van der Waals surface area contributed by atoms with Gasteiger partial charge in [0.2, 0.25) is 0 Å². The predicted octanol–water partition coefficient (Wildman–Crippen LogP) is 3.45. The minimum atomic E-state index is -0.496. The standard InChI is InChI=1S/C15H18ClNO2/c1-9-7-15(8-9,14(18)19-2)11-5-12(10-3-4-10)17-13(16)6-11/h5-6,9-10H,3-4,7-8H2,1-2H3. The Bertz CT molecular complexity index is 519. The van der Waals surface area contributed by atoms with Crippen molar-refractivity contribution in [3.05, 3.63) is 28.5 Å². The average molecular weight is 280 g/mol. The van der Waals surface area contributed by atoms with Crippen molar-refractivity contribution in [1.29, 1.82) is 0 Å². The molecule has 19 heavy (non-hydrogen) atoms. The van der Waals surface area contributed by atoms with Crippen molar-refractivity contribution in [2.24, 2.45) is 5.92 Å². The molecule has 0 spiro atoms. The Kier molecular flexibility index (Phi) is 3.05. The van der Waals surface area contributed by atoms with E-state index < -0.39 is 5.41 Å². The molecule has 0 aromatic carbocycles. The van der Waals surface area contributed by atoms with E-state index >= 15 is 0 Å². The van der Waals surface area contributed by atoms with Gasteiger partial charge in [-0.1, -0.05) is 18.5 Å². The fourth-order valence-electron chi connectivity index (χ4n) is 3.23. The molecule has 0 bridgehead atoms. The van der Waals surface area contributed by atoms with Crippen LogP contribution in [0.2, 0.25) is 5.15 Å². The number of nitrogens with zero attached hydrogens (tertiary/aromatic N) is 1. The minimum absolute atomic E-state index is 0.144. The van der Waals surface area contributed by atoms with E-state index in [1.165, 1.54) is 20.0 Å². The van der Waals surface area contributed by atoms with E-state index in [4.69, 9.17) is 16.3 Å². The quantitative estimate of drug-likeness (QED) is 0.628. The van der Waals surface area contributed by atoms with E-state index in [0.717, 1.165) is 24.1 Å². The maximum absolute atomic E-state index is 12.2. The third-order valence-corrected chi connectivity index (χ3v) is 4.53. The molecule has 0 aliphatic heterocycles. The molecular weight excluding hydrogens is 262 g/mol. The van der Waals surface area contributed by atoms with Crippen molar-refractivity contribution in [1.82, 2.24) is 4.98 Å². The van der Waals surface area contributed by atoms with Gasteiger partial charge >= 0.3 is 5.97 Å². The molecule has 102 valence electrons. The van der Waals surface area contributed by atoms with Crippen LogP contribution in [-0.4, -0.2) is 18.1 Å². The number of pyridine rings is 1. The Balaban J connectivity index is 2.01. The van der Waals surface area contributed by atoms with E-state index in [2.05, 4.69) is 18.0 Å². The summed E-state index contributed by atoms with van der Waals surface area (Å²) < 4.78 is 5.01. The molecule has 2 aliphatic carbocycles. The van der Waals surface area contributed by atoms with E-state index in [1.807, 2.05) is 6.07 Å². The zero-order valence-electron chi connectivity index (χ0n) is 11.3. The molecule has 0 unspecified atom stereocenters. The minimum Gasteiger partial charge on any atom is -0.468 e. The molecule has 2 aliphatic rings. The van der Waals surface area contributed by atoms with Crippen LogP contribution < -0.4 is 0 Å². The van der Waals surface area contributed by atoms with Crippen molar-refractivity contribution >= 4 is 17.6 Å². The summed E-state index contributed by atoms with van der Waals surface area (Å²) >= 11 is 6.13. The monoisotopic (exact) mass is 279 g/mol. The topological polar surface area (TPSA) is 39.2 Å². The highest BCUT2D eigenvalue weighted by Gasteiger charge is 2.51. The van der Waals surface area contributed by atoms with Gasteiger partial charge in [0.25, 0.3) is 0 Å². The molecule has 0 amide bonds. The van der Waals surface area contributed by atoms with Crippen molar-refractivity contribution < 1.29 is 9.53 Å². The first-order chi connectivity index (χ1) is 9.05. The lowest BCUT2D eigenvalue weighted by Gasteiger charge is -2.44. The molecule has 2 saturated carbocycles. The number of rotatable bonds is 3. The van der Waals surface area contributed by atoms with Gasteiger partial charge in [-0.25, -0.2) is 4.98 Å². The van der Waals surface area contributed by atoms with Crippen LogP contribution in [0.25, 0.3) is 0 Å². The van der Waals surface area contributed by atoms with Crippen LogP contribution in [0.1, 0.15) is 49.8 Å². The summed E-state index contributed by atoms with van der Waals surface area (Å²) in [6, 6.07) is 3.89. The number of carbonyl (C=O) groups excluding carboxylic acids is 1. The molecule has 2 fully saturated rings. The lowest BCUT2D eigenvalue weighted by molar-refractivity contribution is -0.153. The third kappa shape index (κ3) is 2.14. The fraction of sp³-hybridized carbons (Fsp3) is 0.600. The van der Waals surface area contributed by atoms with Gasteiger partial charge in [0, 0.05) is 11.6 Å². The Morgan fingerprint density at radius 1 is 1.42 bits per heavy atom. The Labute approximate surface area is 118 Å². The van der Waals surface area contributed by atoms with Gasteiger partial charge in [-0.05, 0) is 49.3 Å². The molecule has 3 rings (SSSR count). The van der Waals surface area contributed by atoms with Gasteiger partial charge in [-0.3, -0.25) is 4.79 Å². The first kappa shape index (κ1) is 12.9. The highest BCUT2D eigenvalue weighted by atomic mass is 35.5. The van der Waals surface area contributed by atoms with E-state index in [-0.39, 0.29) is 5.97 Å². The number of esters is 1. The highest BCUT2D eigenvalue weighted by molar-refractivity contribution is 6.29. The van der Waals surface area contributed by atoms with Crippen molar-refractivity contribution in [3.63, 3.8) is 0 Å². The molecular formula is C15H18ClNO2.